The van der Waals surface area contributed by atoms with Crippen molar-refractivity contribution in [1.29, 1.82) is 0 Å². The second-order valence-electron chi connectivity index (χ2n) is 8.66. The van der Waals surface area contributed by atoms with Crippen LogP contribution in [-0.4, -0.2) is 27.7 Å². The van der Waals surface area contributed by atoms with E-state index in [1.807, 2.05) is 6.92 Å². The van der Waals surface area contributed by atoms with E-state index in [9.17, 15) is 8.42 Å². The second-order valence-corrected chi connectivity index (χ2v) is 10.3. The highest BCUT2D eigenvalue weighted by atomic mass is 32.2. The van der Waals surface area contributed by atoms with Gasteiger partial charge in [-0.2, -0.15) is 8.42 Å². The Kier molecular flexibility index (Phi) is 16.9. The van der Waals surface area contributed by atoms with Gasteiger partial charge in [0.1, 0.15) is 0 Å². The molecule has 1 rings (SSSR count). The molecule has 0 aliphatic rings. The Bertz CT molecular complexity index is 616. The van der Waals surface area contributed by atoms with E-state index in [2.05, 4.69) is 6.92 Å². The van der Waals surface area contributed by atoms with E-state index in [1.165, 1.54) is 102 Å². The summed E-state index contributed by atoms with van der Waals surface area (Å²) in [5.41, 5.74) is 0. The Hall–Kier alpha value is -0.910. The molecule has 0 saturated heterocycles. The first-order chi connectivity index (χ1) is 15.1. The standard InChI is InChI=1S/C26H46O4S/c1-3-4-5-6-7-8-9-10-11-12-13-14-15-17-20-25(2)29-23-24-30-31(27,28)26-21-18-16-19-22-26/h16,18-19,21-22,25H,3-15,17,20,23-24H2,1-2H3. The van der Waals surface area contributed by atoms with Crippen molar-refractivity contribution in [2.75, 3.05) is 13.2 Å². The zero-order chi connectivity index (χ0) is 22.6. The van der Waals surface area contributed by atoms with Crippen LogP contribution in [0.3, 0.4) is 0 Å². The number of hydrogen-bond acceptors (Lipinski definition) is 4. The first-order valence-electron chi connectivity index (χ1n) is 12.6. The SMILES string of the molecule is CCCCCCCCCCCCCCCCC(C)OCCOS(=O)(=O)c1ccccc1. The van der Waals surface area contributed by atoms with Gasteiger partial charge in [0, 0.05) is 0 Å². The lowest BCUT2D eigenvalue weighted by molar-refractivity contribution is 0.0396. The lowest BCUT2D eigenvalue weighted by Crippen LogP contribution is -2.15. The number of hydrogen-bond donors (Lipinski definition) is 0. The molecule has 0 spiro atoms. The monoisotopic (exact) mass is 454 g/mol. The molecule has 1 unspecified atom stereocenters. The molecule has 0 saturated carbocycles. The van der Waals surface area contributed by atoms with Gasteiger partial charge in [-0.15, -0.1) is 0 Å². The summed E-state index contributed by atoms with van der Waals surface area (Å²) in [7, 11) is -3.68. The average Bonchev–Trinajstić information content (AvgIpc) is 2.77. The minimum atomic E-state index is -3.68. The number of ether oxygens (including phenoxy) is 1. The molecule has 0 aliphatic heterocycles. The Balaban J connectivity index is 1.87. The summed E-state index contributed by atoms with van der Waals surface area (Å²) in [6.07, 6.45) is 20.2. The zero-order valence-corrected chi connectivity index (χ0v) is 20.8. The topological polar surface area (TPSA) is 52.6 Å². The third-order valence-electron chi connectivity index (χ3n) is 5.72. The molecule has 0 aliphatic carbocycles. The van der Waals surface area contributed by atoms with Crippen molar-refractivity contribution in [3.8, 4) is 0 Å². The van der Waals surface area contributed by atoms with Gasteiger partial charge in [-0.25, -0.2) is 0 Å². The fourth-order valence-electron chi connectivity index (χ4n) is 3.76. The lowest BCUT2D eigenvalue weighted by Gasteiger charge is -2.13. The predicted molar refractivity (Wildman–Crippen MR) is 130 cm³/mol. The van der Waals surface area contributed by atoms with Crippen molar-refractivity contribution in [1.82, 2.24) is 0 Å². The van der Waals surface area contributed by atoms with Crippen molar-refractivity contribution in [2.45, 2.75) is 121 Å². The fraction of sp³-hybridized carbons (Fsp3) is 0.769. The minimum absolute atomic E-state index is 0.0559. The normalized spacial score (nSPS) is 12.8. The van der Waals surface area contributed by atoms with Crippen LogP contribution in [0.25, 0.3) is 0 Å². The quantitative estimate of drug-likeness (QED) is 0.141. The van der Waals surface area contributed by atoms with E-state index in [-0.39, 0.29) is 17.6 Å². The molecule has 0 aromatic heterocycles. The summed E-state index contributed by atoms with van der Waals surface area (Å²) in [5.74, 6) is 0. The van der Waals surface area contributed by atoms with E-state index in [0.29, 0.717) is 6.61 Å². The summed E-state index contributed by atoms with van der Waals surface area (Å²) in [5, 5.41) is 0. The Morgan fingerprint density at radius 3 is 1.71 bits per heavy atom. The van der Waals surface area contributed by atoms with Gasteiger partial charge < -0.3 is 4.74 Å². The largest absolute Gasteiger partial charge is 0.376 e. The summed E-state index contributed by atoms with van der Waals surface area (Å²) >= 11 is 0. The van der Waals surface area contributed by atoms with Gasteiger partial charge in [0.05, 0.1) is 24.2 Å². The molecule has 5 heteroatoms. The molecule has 180 valence electrons. The van der Waals surface area contributed by atoms with Crippen molar-refractivity contribution in [3.63, 3.8) is 0 Å². The molecule has 1 atom stereocenters. The number of unbranched alkanes of at least 4 members (excludes halogenated alkanes) is 13. The average molecular weight is 455 g/mol. The highest BCUT2D eigenvalue weighted by Crippen LogP contribution is 2.15. The van der Waals surface area contributed by atoms with Gasteiger partial charge in [0.15, 0.2) is 0 Å². The summed E-state index contributed by atoms with van der Waals surface area (Å²) in [6.45, 7) is 4.68. The zero-order valence-electron chi connectivity index (χ0n) is 20.0. The lowest BCUT2D eigenvalue weighted by atomic mass is 10.0. The molecular weight excluding hydrogens is 408 g/mol. The fourth-order valence-corrected chi connectivity index (χ4v) is 4.67. The van der Waals surface area contributed by atoms with E-state index in [0.717, 1.165) is 6.42 Å². The van der Waals surface area contributed by atoms with E-state index >= 15 is 0 Å². The van der Waals surface area contributed by atoms with Crippen LogP contribution in [0.15, 0.2) is 35.2 Å². The molecule has 4 nitrogen and oxygen atoms in total. The van der Waals surface area contributed by atoms with E-state index in [4.69, 9.17) is 8.92 Å². The Morgan fingerprint density at radius 1 is 0.710 bits per heavy atom. The first kappa shape index (κ1) is 28.1. The van der Waals surface area contributed by atoms with Crippen LogP contribution in [0.5, 0.6) is 0 Å². The predicted octanol–water partition coefficient (Wildman–Crippen LogP) is 7.67. The maximum Gasteiger partial charge on any atom is 0.297 e. The molecule has 0 amide bonds. The first-order valence-corrected chi connectivity index (χ1v) is 14.0. The van der Waals surface area contributed by atoms with Gasteiger partial charge >= 0.3 is 0 Å². The van der Waals surface area contributed by atoms with Crippen molar-refractivity contribution in [2.24, 2.45) is 0 Å². The maximum absolute atomic E-state index is 12.0. The number of benzene rings is 1. The van der Waals surface area contributed by atoms with Crippen LogP contribution in [0.4, 0.5) is 0 Å². The van der Waals surface area contributed by atoms with Crippen LogP contribution in [0.1, 0.15) is 110 Å². The highest BCUT2D eigenvalue weighted by Gasteiger charge is 2.14. The van der Waals surface area contributed by atoms with E-state index in [1.54, 1.807) is 18.2 Å². The van der Waals surface area contributed by atoms with Crippen LogP contribution in [0, 0.1) is 0 Å². The third-order valence-corrected chi connectivity index (χ3v) is 7.05. The maximum atomic E-state index is 12.0. The summed E-state index contributed by atoms with van der Waals surface area (Å²) < 4.78 is 34.8. The minimum Gasteiger partial charge on any atom is -0.376 e. The molecule has 31 heavy (non-hydrogen) atoms. The van der Waals surface area contributed by atoms with E-state index < -0.39 is 10.1 Å². The van der Waals surface area contributed by atoms with Crippen LogP contribution >= 0.6 is 0 Å². The van der Waals surface area contributed by atoms with Crippen molar-refractivity contribution >= 4 is 10.1 Å². The van der Waals surface area contributed by atoms with Crippen LogP contribution in [0.2, 0.25) is 0 Å². The molecule has 1 aromatic carbocycles. The molecule has 1 aromatic rings. The van der Waals surface area contributed by atoms with Gasteiger partial charge in [0.2, 0.25) is 0 Å². The smallest absolute Gasteiger partial charge is 0.297 e. The van der Waals surface area contributed by atoms with Crippen molar-refractivity contribution in [3.05, 3.63) is 30.3 Å². The second kappa shape index (κ2) is 18.6. The van der Waals surface area contributed by atoms with Crippen molar-refractivity contribution < 1.29 is 17.3 Å². The molecular formula is C26H46O4S. The molecule has 0 N–H and O–H groups in total. The molecule has 0 heterocycles. The molecule has 0 fully saturated rings. The van der Waals surface area contributed by atoms with Gasteiger partial charge in [0.25, 0.3) is 10.1 Å². The Morgan fingerprint density at radius 2 is 1.19 bits per heavy atom. The summed E-state index contributed by atoms with van der Waals surface area (Å²) in [6, 6.07) is 8.22. The van der Waals surface area contributed by atoms with Gasteiger partial charge in [-0.1, -0.05) is 115 Å². The van der Waals surface area contributed by atoms with Gasteiger partial charge in [-0.3, -0.25) is 4.18 Å². The number of rotatable bonds is 21. The highest BCUT2D eigenvalue weighted by molar-refractivity contribution is 7.86. The molecule has 0 bridgehead atoms. The Labute approximate surface area is 192 Å². The molecule has 0 radical (unpaired) electrons. The van der Waals surface area contributed by atoms with Crippen LogP contribution in [-0.2, 0) is 19.0 Å². The summed E-state index contributed by atoms with van der Waals surface area (Å²) in [4.78, 5) is 0.186. The van der Waals surface area contributed by atoms with Gasteiger partial charge in [-0.05, 0) is 25.5 Å². The third kappa shape index (κ3) is 15.5. The van der Waals surface area contributed by atoms with Crippen LogP contribution < -0.4 is 0 Å².